The molecule has 240 valence electrons. The molecule has 46 heavy (non-hydrogen) atoms. The first-order chi connectivity index (χ1) is 22.0. The van der Waals surface area contributed by atoms with Crippen LogP contribution in [0, 0.1) is 12.8 Å². The van der Waals surface area contributed by atoms with Gasteiger partial charge in [-0.3, -0.25) is 14.9 Å². The zero-order valence-corrected chi connectivity index (χ0v) is 27.5. The fraction of sp³-hybridized carbons (Fsp3) is 0.368. The van der Waals surface area contributed by atoms with Crippen LogP contribution in [0.1, 0.15) is 75.3 Å². The van der Waals surface area contributed by atoms with Crippen LogP contribution in [-0.4, -0.2) is 45.5 Å². The van der Waals surface area contributed by atoms with Gasteiger partial charge in [0.25, 0.3) is 0 Å². The van der Waals surface area contributed by atoms with E-state index in [1.807, 2.05) is 84.6 Å². The van der Waals surface area contributed by atoms with Crippen molar-refractivity contribution in [3.63, 3.8) is 0 Å². The van der Waals surface area contributed by atoms with Crippen molar-refractivity contribution in [1.82, 2.24) is 14.7 Å². The lowest BCUT2D eigenvalue weighted by atomic mass is 9.88. The van der Waals surface area contributed by atoms with Crippen LogP contribution in [0.25, 0.3) is 5.69 Å². The predicted molar refractivity (Wildman–Crippen MR) is 184 cm³/mol. The molecule has 3 aromatic carbocycles. The first kappa shape index (κ1) is 32.7. The molecule has 2 N–H and O–H groups in total. The molecule has 1 atom stereocenters. The van der Waals surface area contributed by atoms with E-state index < -0.39 is 5.92 Å². The third kappa shape index (κ3) is 8.30. The minimum Gasteiger partial charge on any atom is -0.342 e. The fourth-order valence-corrected chi connectivity index (χ4v) is 5.95. The van der Waals surface area contributed by atoms with E-state index in [9.17, 15) is 14.4 Å². The lowest BCUT2D eigenvalue weighted by molar-refractivity contribution is -0.136. The molecule has 8 heteroatoms. The predicted octanol–water partition coefficient (Wildman–Crippen LogP) is 7.67. The van der Waals surface area contributed by atoms with Crippen LogP contribution < -0.4 is 10.6 Å². The number of carbonyl (C=O) groups is 3. The molecule has 1 saturated heterocycles. The summed E-state index contributed by atoms with van der Waals surface area (Å²) in [5, 5.41) is 10.7. The molecule has 0 radical (unpaired) electrons. The topological polar surface area (TPSA) is 96.3 Å². The standard InChI is InChI=1S/C38H45N5O3/c1-26-11-17-32(18-12-26)43-35(25-34(41-43)38(3,4)5)40-37(46)39-31-15-13-28(14-16-31)24-29-19-21-42(22-20-29)36(45)33(23-27(2)44)30-9-7-6-8-10-30/h6-18,25,29,33H,19-24H2,1-5H3,(H2,39,40,46)/t33-/m0/s1. The summed E-state index contributed by atoms with van der Waals surface area (Å²) in [7, 11) is 0. The van der Waals surface area contributed by atoms with Gasteiger partial charge in [0.15, 0.2) is 0 Å². The lowest BCUT2D eigenvalue weighted by Gasteiger charge is -2.34. The highest BCUT2D eigenvalue weighted by molar-refractivity contribution is 5.99. The zero-order chi connectivity index (χ0) is 32.8. The number of likely N-dealkylation sites (tertiary alicyclic amines) is 1. The van der Waals surface area contributed by atoms with Gasteiger partial charge in [-0.1, -0.05) is 80.9 Å². The molecule has 8 nitrogen and oxygen atoms in total. The maximum absolute atomic E-state index is 13.4. The zero-order valence-electron chi connectivity index (χ0n) is 27.5. The summed E-state index contributed by atoms with van der Waals surface area (Å²) in [6.07, 6.45) is 2.98. The number of piperidine rings is 1. The number of ketones is 1. The smallest absolute Gasteiger partial charge is 0.324 e. The van der Waals surface area contributed by atoms with E-state index in [2.05, 4.69) is 43.5 Å². The number of Topliss-reactive ketones (excluding diaryl/α,β-unsaturated/α-hetero) is 1. The van der Waals surface area contributed by atoms with E-state index in [-0.39, 0.29) is 29.6 Å². The number of anilines is 2. The quantitative estimate of drug-likeness (QED) is 0.201. The van der Waals surface area contributed by atoms with Gasteiger partial charge in [-0.2, -0.15) is 5.10 Å². The Morgan fingerprint density at radius 1 is 0.891 bits per heavy atom. The van der Waals surface area contributed by atoms with Gasteiger partial charge in [0.05, 0.1) is 17.3 Å². The van der Waals surface area contributed by atoms with Crippen molar-refractivity contribution in [2.45, 2.75) is 71.6 Å². The van der Waals surface area contributed by atoms with E-state index in [1.165, 1.54) is 5.56 Å². The van der Waals surface area contributed by atoms with Crippen LogP contribution in [0.5, 0.6) is 0 Å². The van der Waals surface area contributed by atoms with Crippen molar-refractivity contribution >= 4 is 29.2 Å². The maximum Gasteiger partial charge on any atom is 0.324 e. The molecule has 4 aromatic rings. The summed E-state index contributed by atoms with van der Waals surface area (Å²) in [5.41, 5.74) is 5.54. The van der Waals surface area contributed by atoms with E-state index >= 15 is 0 Å². The third-order valence-electron chi connectivity index (χ3n) is 8.65. The number of benzene rings is 3. The van der Waals surface area contributed by atoms with Gasteiger partial charge in [0.2, 0.25) is 5.91 Å². The number of hydrogen-bond donors (Lipinski definition) is 2. The Morgan fingerprint density at radius 3 is 2.15 bits per heavy atom. The summed E-state index contributed by atoms with van der Waals surface area (Å²) in [6, 6.07) is 27.2. The highest BCUT2D eigenvalue weighted by Crippen LogP contribution is 2.29. The Balaban J connectivity index is 1.16. The summed E-state index contributed by atoms with van der Waals surface area (Å²) in [4.78, 5) is 40.3. The van der Waals surface area contributed by atoms with Crippen LogP contribution in [0.3, 0.4) is 0 Å². The van der Waals surface area contributed by atoms with Gasteiger partial charge < -0.3 is 10.2 Å². The van der Waals surface area contributed by atoms with Crippen LogP contribution >= 0.6 is 0 Å². The maximum atomic E-state index is 13.4. The number of nitrogens with one attached hydrogen (secondary N) is 2. The minimum absolute atomic E-state index is 0.0241. The number of rotatable bonds is 9. The van der Waals surface area contributed by atoms with Gasteiger partial charge in [-0.25, -0.2) is 9.48 Å². The molecule has 3 amide bonds. The SMILES string of the molecule is CC(=O)C[C@H](C(=O)N1CCC(Cc2ccc(NC(=O)Nc3cc(C(C)(C)C)nn3-c3ccc(C)cc3)cc2)CC1)c1ccccc1. The Labute approximate surface area is 272 Å². The summed E-state index contributed by atoms with van der Waals surface area (Å²) in [5.74, 6) is 0.717. The van der Waals surface area contributed by atoms with Crippen LogP contribution in [0.4, 0.5) is 16.3 Å². The van der Waals surface area contributed by atoms with Gasteiger partial charge in [0, 0.05) is 36.7 Å². The van der Waals surface area contributed by atoms with E-state index in [0.717, 1.165) is 41.8 Å². The number of aryl methyl sites for hydroxylation is 1. The number of hydrogen-bond acceptors (Lipinski definition) is 4. The summed E-state index contributed by atoms with van der Waals surface area (Å²) in [6.45, 7) is 11.3. The molecule has 1 aromatic heterocycles. The van der Waals surface area contributed by atoms with Crippen molar-refractivity contribution in [2.75, 3.05) is 23.7 Å². The second-order valence-corrected chi connectivity index (χ2v) is 13.5. The molecule has 0 unspecified atom stereocenters. The van der Waals surface area contributed by atoms with Crippen molar-refractivity contribution < 1.29 is 14.4 Å². The largest absolute Gasteiger partial charge is 0.342 e. The number of carbonyl (C=O) groups excluding carboxylic acids is 3. The molecule has 0 aliphatic carbocycles. The molecule has 0 saturated carbocycles. The van der Waals surface area contributed by atoms with Crippen molar-refractivity contribution in [3.05, 3.63) is 107 Å². The van der Waals surface area contributed by atoms with Gasteiger partial charge >= 0.3 is 6.03 Å². The number of amides is 3. The lowest BCUT2D eigenvalue weighted by Crippen LogP contribution is -2.41. The highest BCUT2D eigenvalue weighted by atomic mass is 16.2. The molecule has 2 heterocycles. The van der Waals surface area contributed by atoms with Gasteiger partial charge in [-0.15, -0.1) is 0 Å². The molecule has 1 aliphatic heterocycles. The Hall–Kier alpha value is -4.72. The monoisotopic (exact) mass is 619 g/mol. The molecule has 0 spiro atoms. The van der Waals surface area contributed by atoms with Crippen LogP contribution in [-0.2, 0) is 21.4 Å². The Morgan fingerprint density at radius 2 is 1.54 bits per heavy atom. The molecule has 0 bridgehead atoms. The van der Waals surface area contributed by atoms with Gasteiger partial charge in [-0.05, 0) is 74.4 Å². The number of aromatic nitrogens is 2. The molecular weight excluding hydrogens is 574 g/mol. The van der Waals surface area contributed by atoms with Crippen LogP contribution in [0.2, 0.25) is 0 Å². The van der Waals surface area contributed by atoms with Crippen molar-refractivity contribution in [2.24, 2.45) is 5.92 Å². The summed E-state index contributed by atoms with van der Waals surface area (Å²) < 4.78 is 1.77. The van der Waals surface area contributed by atoms with E-state index in [0.29, 0.717) is 30.5 Å². The fourth-order valence-electron chi connectivity index (χ4n) is 5.95. The Kier molecular flexibility index (Phi) is 10.0. The number of nitrogens with zero attached hydrogens (tertiary/aromatic N) is 3. The second kappa shape index (κ2) is 14.1. The molecule has 5 rings (SSSR count). The molecule has 1 aliphatic rings. The first-order valence-corrected chi connectivity index (χ1v) is 16.1. The second-order valence-electron chi connectivity index (χ2n) is 13.5. The van der Waals surface area contributed by atoms with E-state index in [4.69, 9.17) is 5.10 Å². The Bertz CT molecular complexity index is 1650. The van der Waals surface area contributed by atoms with Crippen molar-refractivity contribution in [3.8, 4) is 5.69 Å². The normalized spacial score (nSPS) is 14.5. The summed E-state index contributed by atoms with van der Waals surface area (Å²) >= 11 is 0. The highest BCUT2D eigenvalue weighted by Gasteiger charge is 2.30. The van der Waals surface area contributed by atoms with Crippen LogP contribution in [0.15, 0.2) is 84.9 Å². The average molecular weight is 620 g/mol. The average Bonchev–Trinajstić information content (AvgIpc) is 3.46. The number of urea groups is 1. The first-order valence-electron chi connectivity index (χ1n) is 16.1. The minimum atomic E-state index is -0.420. The molecular formula is C38H45N5O3. The van der Waals surface area contributed by atoms with Crippen molar-refractivity contribution in [1.29, 1.82) is 0 Å². The van der Waals surface area contributed by atoms with E-state index in [1.54, 1.807) is 11.6 Å². The molecule has 1 fully saturated rings. The van der Waals surface area contributed by atoms with Gasteiger partial charge in [0.1, 0.15) is 11.6 Å². The third-order valence-corrected chi connectivity index (χ3v) is 8.65.